The van der Waals surface area contributed by atoms with Crippen LogP contribution in [0.15, 0.2) is 42.7 Å². The van der Waals surface area contributed by atoms with Gasteiger partial charge in [0.15, 0.2) is 11.5 Å². The zero-order valence-electron chi connectivity index (χ0n) is 10.1. The molecule has 2 rings (SSSR count). The van der Waals surface area contributed by atoms with E-state index in [1.165, 1.54) is 0 Å². The van der Waals surface area contributed by atoms with Crippen LogP contribution in [0.1, 0.15) is 11.1 Å². The molecule has 0 aliphatic heterocycles. The van der Waals surface area contributed by atoms with E-state index in [1.807, 2.05) is 30.3 Å². The lowest BCUT2D eigenvalue weighted by molar-refractivity contribution is 0.284. The van der Waals surface area contributed by atoms with Crippen LogP contribution in [0.3, 0.4) is 0 Å². The summed E-state index contributed by atoms with van der Waals surface area (Å²) in [5, 5.41) is 0.798. The van der Waals surface area contributed by atoms with E-state index in [9.17, 15) is 0 Å². The van der Waals surface area contributed by atoms with E-state index in [1.54, 1.807) is 19.5 Å². The first-order valence-electron chi connectivity index (χ1n) is 5.58. The molecule has 4 heteroatoms. The lowest BCUT2D eigenvalue weighted by atomic mass is 10.2. The molecule has 0 radical (unpaired) electrons. The molecule has 0 N–H and O–H groups in total. The van der Waals surface area contributed by atoms with Gasteiger partial charge in [-0.25, -0.2) is 0 Å². The Morgan fingerprint density at radius 3 is 2.72 bits per heavy atom. The summed E-state index contributed by atoms with van der Waals surface area (Å²) in [6.07, 6.45) is 3.54. The third-order valence-corrected chi connectivity index (χ3v) is 3.15. The molecule has 1 aromatic heterocycles. The Kier molecular flexibility index (Phi) is 4.59. The van der Waals surface area contributed by atoms with Crippen LogP contribution in [-0.2, 0) is 11.9 Å². The maximum absolute atomic E-state index is 5.73. The lowest BCUT2D eigenvalue weighted by Gasteiger charge is -2.11. The second-order valence-electron chi connectivity index (χ2n) is 3.77. The topological polar surface area (TPSA) is 31.4 Å². The van der Waals surface area contributed by atoms with Crippen molar-refractivity contribution in [3.63, 3.8) is 0 Å². The van der Waals surface area contributed by atoms with Gasteiger partial charge in [0.1, 0.15) is 6.61 Å². The Balaban J connectivity index is 2.09. The number of benzene rings is 1. The first kappa shape index (κ1) is 12.9. The summed E-state index contributed by atoms with van der Waals surface area (Å²) >= 11 is 3.42. The van der Waals surface area contributed by atoms with Crippen molar-refractivity contribution in [3.8, 4) is 11.5 Å². The summed E-state index contributed by atoms with van der Waals surface area (Å²) in [6, 6.07) is 9.77. The number of halogens is 1. The number of pyridine rings is 1. The zero-order chi connectivity index (χ0) is 12.8. The summed E-state index contributed by atoms with van der Waals surface area (Å²) in [6.45, 7) is 0.484. The van der Waals surface area contributed by atoms with Crippen LogP contribution in [0.4, 0.5) is 0 Å². The molecule has 1 aromatic carbocycles. The molecule has 0 saturated heterocycles. The standard InChI is InChI=1S/C14H14BrNO2/c1-17-14-7-11(8-15)4-5-13(14)18-10-12-3-2-6-16-9-12/h2-7,9H,8,10H2,1H3. The van der Waals surface area contributed by atoms with E-state index in [-0.39, 0.29) is 0 Å². The minimum absolute atomic E-state index is 0.484. The Labute approximate surface area is 115 Å². The Morgan fingerprint density at radius 1 is 1.17 bits per heavy atom. The Morgan fingerprint density at radius 2 is 2.06 bits per heavy atom. The van der Waals surface area contributed by atoms with Gasteiger partial charge >= 0.3 is 0 Å². The number of nitrogens with zero attached hydrogens (tertiary/aromatic N) is 1. The Bertz CT molecular complexity index is 502. The summed E-state index contributed by atoms with van der Waals surface area (Å²) < 4.78 is 11.0. The van der Waals surface area contributed by atoms with Gasteiger partial charge in [0, 0.05) is 23.3 Å². The van der Waals surface area contributed by atoms with Crippen LogP contribution in [0.2, 0.25) is 0 Å². The fourth-order valence-electron chi connectivity index (χ4n) is 1.56. The van der Waals surface area contributed by atoms with Crippen molar-refractivity contribution in [2.45, 2.75) is 11.9 Å². The number of rotatable bonds is 5. The zero-order valence-corrected chi connectivity index (χ0v) is 11.7. The maximum atomic E-state index is 5.73. The molecule has 94 valence electrons. The third kappa shape index (κ3) is 3.23. The Hall–Kier alpha value is -1.55. The molecular weight excluding hydrogens is 294 g/mol. The van der Waals surface area contributed by atoms with E-state index >= 15 is 0 Å². The number of hydrogen-bond acceptors (Lipinski definition) is 3. The van der Waals surface area contributed by atoms with Crippen LogP contribution in [0.5, 0.6) is 11.5 Å². The molecule has 2 aromatic rings. The van der Waals surface area contributed by atoms with Crippen LogP contribution in [-0.4, -0.2) is 12.1 Å². The van der Waals surface area contributed by atoms with Gasteiger partial charge in [0.05, 0.1) is 7.11 Å². The van der Waals surface area contributed by atoms with Crippen molar-refractivity contribution in [1.82, 2.24) is 4.98 Å². The fourth-order valence-corrected chi connectivity index (χ4v) is 1.91. The molecule has 3 nitrogen and oxygen atoms in total. The van der Waals surface area contributed by atoms with Crippen LogP contribution in [0, 0.1) is 0 Å². The minimum atomic E-state index is 0.484. The molecule has 0 aliphatic carbocycles. The van der Waals surface area contributed by atoms with Gasteiger partial charge in [0.2, 0.25) is 0 Å². The highest BCUT2D eigenvalue weighted by atomic mass is 79.9. The first-order chi connectivity index (χ1) is 8.83. The van der Waals surface area contributed by atoms with Crippen molar-refractivity contribution in [1.29, 1.82) is 0 Å². The van der Waals surface area contributed by atoms with Gasteiger partial charge in [-0.3, -0.25) is 4.98 Å². The smallest absolute Gasteiger partial charge is 0.161 e. The van der Waals surface area contributed by atoms with Crippen LogP contribution < -0.4 is 9.47 Å². The molecule has 0 bridgehead atoms. The van der Waals surface area contributed by atoms with Gasteiger partial charge in [-0.1, -0.05) is 28.1 Å². The first-order valence-corrected chi connectivity index (χ1v) is 6.70. The molecule has 1 heterocycles. The number of alkyl halides is 1. The van der Waals surface area contributed by atoms with Gasteiger partial charge in [-0.2, -0.15) is 0 Å². The number of ether oxygens (including phenoxy) is 2. The molecule has 0 saturated carbocycles. The molecular formula is C14H14BrNO2. The minimum Gasteiger partial charge on any atom is -0.493 e. The van der Waals surface area contributed by atoms with E-state index in [0.29, 0.717) is 6.61 Å². The number of methoxy groups -OCH3 is 1. The highest BCUT2D eigenvalue weighted by molar-refractivity contribution is 9.08. The molecule has 0 aliphatic rings. The second kappa shape index (κ2) is 6.40. The number of aromatic nitrogens is 1. The average Bonchev–Trinajstić information content (AvgIpc) is 2.46. The van der Waals surface area contributed by atoms with Crippen molar-refractivity contribution < 1.29 is 9.47 Å². The molecule has 18 heavy (non-hydrogen) atoms. The van der Waals surface area contributed by atoms with Crippen molar-refractivity contribution in [3.05, 3.63) is 53.9 Å². The monoisotopic (exact) mass is 307 g/mol. The quantitative estimate of drug-likeness (QED) is 0.791. The molecule has 0 spiro atoms. The van der Waals surface area contributed by atoms with Crippen molar-refractivity contribution in [2.75, 3.05) is 7.11 Å². The van der Waals surface area contributed by atoms with E-state index in [0.717, 1.165) is 28.0 Å². The van der Waals surface area contributed by atoms with Gasteiger partial charge in [0.25, 0.3) is 0 Å². The lowest BCUT2D eigenvalue weighted by Crippen LogP contribution is -1.98. The highest BCUT2D eigenvalue weighted by Crippen LogP contribution is 2.29. The van der Waals surface area contributed by atoms with E-state index in [2.05, 4.69) is 20.9 Å². The van der Waals surface area contributed by atoms with Crippen LogP contribution in [0.25, 0.3) is 0 Å². The normalized spacial score (nSPS) is 10.1. The average molecular weight is 308 g/mol. The van der Waals surface area contributed by atoms with Crippen LogP contribution >= 0.6 is 15.9 Å². The number of hydrogen-bond donors (Lipinski definition) is 0. The van der Waals surface area contributed by atoms with E-state index in [4.69, 9.17) is 9.47 Å². The highest BCUT2D eigenvalue weighted by Gasteiger charge is 2.05. The third-order valence-electron chi connectivity index (χ3n) is 2.50. The summed E-state index contributed by atoms with van der Waals surface area (Å²) in [5.41, 5.74) is 2.18. The summed E-state index contributed by atoms with van der Waals surface area (Å²) in [4.78, 5) is 4.05. The van der Waals surface area contributed by atoms with Gasteiger partial charge < -0.3 is 9.47 Å². The SMILES string of the molecule is COc1cc(CBr)ccc1OCc1cccnc1. The van der Waals surface area contributed by atoms with Crippen molar-refractivity contribution in [2.24, 2.45) is 0 Å². The molecule has 0 fully saturated rings. The molecule has 0 amide bonds. The van der Waals surface area contributed by atoms with Gasteiger partial charge in [-0.05, 0) is 23.8 Å². The predicted molar refractivity (Wildman–Crippen MR) is 74.2 cm³/mol. The molecule has 0 unspecified atom stereocenters. The molecule has 0 atom stereocenters. The summed E-state index contributed by atoms with van der Waals surface area (Å²) in [5.74, 6) is 1.49. The van der Waals surface area contributed by atoms with Gasteiger partial charge in [-0.15, -0.1) is 0 Å². The van der Waals surface area contributed by atoms with E-state index < -0.39 is 0 Å². The summed E-state index contributed by atoms with van der Waals surface area (Å²) in [7, 11) is 1.64. The van der Waals surface area contributed by atoms with Crippen molar-refractivity contribution >= 4 is 15.9 Å². The predicted octanol–water partition coefficient (Wildman–Crippen LogP) is 3.56. The second-order valence-corrected chi connectivity index (χ2v) is 4.33. The largest absolute Gasteiger partial charge is 0.493 e. The maximum Gasteiger partial charge on any atom is 0.161 e. The fraction of sp³-hybridized carbons (Fsp3) is 0.214.